The molecule has 2 N–H and O–H groups in total. The third-order valence-corrected chi connectivity index (χ3v) is 3.82. The quantitative estimate of drug-likeness (QED) is 0.900. The molecule has 0 aliphatic rings. The molecule has 0 aliphatic heterocycles. The Hall–Kier alpha value is -1.26. The van der Waals surface area contributed by atoms with Gasteiger partial charge in [-0.15, -0.1) is 0 Å². The van der Waals surface area contributed by atoms with Crippen molar-refractivity contribution in [2.45, 2.75) is 39.2 Å². The normalized spacial score (nSPS) is 12.6. The maximum atomic E-state index is 6.29. The Kier molecular flexibility index (Phi) is 4.44. The molecule has 2 aromatic rings. The van der Waals surface area contributed by atoms with Crippen LogP contribution >= 0.6 is 11.3 Å². The third kappa shape index (κ3) is 3.15. The minimum atomic E-state index is 0.0500. The fourth-order valence-electron chi connectivity index (χ4n) is 2.04. The maximum absolute atomic E-state index is 6.29. The lowest BCUT2D eigenvalue weighted by Gasteiger charge is -2.14. The number of aryl methyl sites for hydroxylation is 3. The van der Waals surface area contributed by atoms with Crippen molar-refractivity contribution in [2.75, 3.05) is 0 Å². The summed E-state index contributed by atoms with van der Waals surface area (Å²) >= 11 is 1.73. The number of nitrogens with zero attached hydrogens (tertiary/aromatic N) is 2. The Bertz CT molecular complexity index is 494. The van der Waals surface area contributed by atoms with E-state index in [-0.39, 0.29) is 6.04 Å². The summed E-state index contributed by atoms with van der Waals surface area (Å²) < 4.78 is 0. The molecule has 0 radical (unpaired) electrons. The monoisotopic (exact) mass is 261 g/mol. The molecule has 4 heteroatoms. The van der Waals surface area contributed by atoms with Crippen LogP contribution in [-0.4, -0.2) is 10.2 Å². The molecule has 0 fully saturated rings. The highest BCUT2D eigenvalue weighted by atomic mass is 32.1. The van der Waals surface area contributed by atoms with Gasteiger partial charge in [0, 0.05) is 6.04 Å². The van der Waals surface area contributed by atoms with Crippen LogP contribution in [0.1, 0.15) is 41.9 Å². The lowest BCUT2D eigenvalue weighted by Crippen LogP contribution is -2.15. The van der Waals surface area contributed by atoms with E-state index in [4.69, 9.17) is 5.73 Å². The molecular formula is C14H19N3S. The van der Waals surface area contributed by atoms with Crippen LogP contribution in [0.5, 0.6) is 0 Å². The van der Waals surface area contributed by atoms with Gasteiger partial charge in [0.1, 0.15) is 0 Å². The molecule has 96 valence electrons. The minimum absolute atomic E-state index is 0.0500. The van der Waals surface area contributed by atoms with Crippen LogP contribution < -0.4 is 5.73 Å². The smallest absolute Gasteiger partial charge is 0.0676 e. The molecule has 3 nitrogen and oxygen atoms in total. The third-order valence-electron chi connectivity index (χ3n) is 3.08. The first kappa shape index (κ1) is 13.2. The van der Waals surface area contributed by atoms with E-state index in [0.717, 1.165) is 36.2 Å². The van der Waals surface area contributed by atoms with Gasteiger partial charge in [-0.2, -0.15) is 21.5 Å². The zero-order chi connectivity index (χ0) is 13.0. The molecule has 0 saturated heterocycles. The van der Waals surface area contributed by atoms with Gasteiger partial charge in [-0.3, -0.25) is 0 Å². The largest absolute Gasteiger partial charge is 0.324 e. The fraction of sp³-hybridized carbons (Fsp3) is 0.429. The van der Waals surface area contributed by atoms with Crippen LogP contribution in [0.4, 0.5) is 0 Å². The zero-order valence-corrected chi connectivity index (χ0v) is 11.7. The maximum Gasteiger partial charge on any atom is 0.0676 e. The van der Waals surface area contributed by atoms with Crippen LogP contribution in [0.2, 0.25) is 0 Å². The number of thiophene rings is 1. The van der Waals surface area contributed by atoms with Crippen molar-refractivity contribution < 1.29 is 0 Å². The number of hydrogen-bond donors (Lipinski definition) is 1. The number of rotatable bonds is 5. The molecular weight excluding hydrogens is 242 g/mol. The number of nitrogens with two attached hydrogens (primary N) is 1. The Morgan fingerprint density at radius 2 is 2.22 bits per heavy atom. The van der Waals surface area contributed by atoms with Crippen LogP contribution in [0.15, 0.2) is 22.9 Å². The molecule has 2 heterocycles. The van der Waals surface area contributed by atoms with Gasteiger partial charge < -0.3 is 5.73 Å². The minimum Gasteiger partial charge on any atom is -0.324 e. The number of aromatic nitrogens is 2. The van der Waals surface area contributed by atoms with E-state index >= 15 is 0 Å². The van der Waals surface area contributed by atoms with E-state index in [1.54, 1.807) is 11.3 Å². The van der Waals surface area contributed by atoms with Crippen molar-refractivity contribution in [1.82, 2.24) is 10.2 Å². The van der Waals surface area contributed by atoms with Crippen LogP contribution in [-0.2, 0) is 12.8 Å². The predicted molar refractivity (Wildman–Crippen MR) is 75.7 cm³/mol. The summed E-state index contributed by atoms with van der Waals surface area (Å²) in [7, 11) is 0. The molecule has 1 unspecified atom stereocenters. The topological polar surface area (TPSA) is 51.8 Å². The van der Waals surface area contributed by atoms with Crippen molar-refractivity contribution in [3.05, 3.63) is 45.4 Å². The van der Waals surface area contributed by atoms with Gasteiger partial charge in [0.05, 0.1) is 11.4 Å². The van der Waals surface area contributed by atoms with Crippen molar-refractivity contribution in [3.8, 4) is 0 Å². The molecule has 0 aromatic carbocycles. The second kappa shape index (κ2) is 6.07. The number of hydrogen-bond acceptors (Lipinski definition) is 4. The van der Waals surface area contributed by atoms with Gasteiger partial charge in [0.2, 0.25) is 0 Å². The van der Waals surface area contributed by atoms with E-state index in [0.29, 0.717) is 0 Å². The Balaban J connectivity index is 2.08. The molecule has 0 aliphatic carbocycles. The summed E-state index contributed by atoms with van der Waals surface area (Å²) in [5.41, 5.74) is 10.8. The summed E-state index contributed by atoms with van der Waals surface area (Å²) in [5.74, 6) is 0. The molecule has 1 atom stereocenters. The molecule has 0 bridgehead atoms. The van der Waals surface area contributed by atoms with E-state index in [1.807, 2.05) is 6.92 Å². The van der Waals surface area contributed by atoms with Crippen LogP contribution in [0.3, 0.4) is 0 Å². The standard InChI is InChI=1S/C14H19N3S/c1-3-14-12(8-10(2)16-17-14)13(15)5-4-11-6-7-18-9-11/h6-9,13H,3-5,15H2,1-2H3. The molecule has 18 heavy (non-hydrogen) atoms. The van der Waals surface area contributed by atoms with Gasteiger partial charge in [-0.05, 0) is 60.2 Å². The summed E-state index contributed by atoms with van der Waals surface area (Å²) in [5, 5.41) is 12.6. The van der Waals surface area contributed by atoms with E-state index in [2.05, 4.69) is 40.0 Å². The van der Waals surface area contributed by atoms with Crippen molar-refractivity contribution in [1.29, 1.82) is 0 Å². The highest BCUT2D eigenvalue weighted by Crippen LogP contribution is 2.21. The van der Waals surface area contributed by atoms with E-state index < -0.39 is 0 Å². The molecule has 2 rings (SSSR count). The molecule has 0 saturated carbocycles. The Morgan fingerprint density at radius 1 is 1.39 bits per heavy atom. The Labute approximate surface area is 112 Å². The van der Waals surface area contributed by atoms with Gasteiger partial charge in [0.25, 0.3) is 0 Å². The SMILES string of the molecule is CCc1nnc(C)cc1C(N)CCc1ccsc1. The predicted octanol–water partition coefficient (Wildman–Crippen LogP) is 3.04. The van der Waals surface area contributed by atoms with E-state index in [9.17, 15) is 0 Å². The van der Waals surface area contributed by atoms with Crippen molar-refractivity contribution in [2.24, 2.45) is 5.73 Å². The Morgan fingerprint density at radius 3 is 2.89 bits per heavy atom. The first-order valence-corrected chi connectivity index (χ1v) is 7.24. The van der Waals surface area contributed by atoms with Crippen LogP contribution in [0.25, 0.3) is 0 Å². The van der Waals surface area contributed by atoms with Crippen LogP contribution in [0, 0.1) is 6.92 Å². The summed E-state index contributed by atoms with van der Waals surface area (Å²) in [4.78, 5) is 0. The van der Waals surface area contributed by atoms with Crippen molar-refractivity contribution >= 4 is 11.3 Å². The van der Waals surface area contributed by atoms with Crippen molar-refractivity contribution in [3.63, 3.8) is 0 Å². The summed E-state index contributed by atoms with van der Waals surface area (Å²) in [6.45, 7) is 4.05. The molecule has 0 spiro atoms. The highest BCUT2D eigenvalue weighted by Gasteiger charge is 2.12. The zero-order valence-electron chi connectivity index (χ0n) is 10.9. The first-order valence-electron chi connectivity index (χ1n) is 6.30. The fourth-order valence-corrected chi connectivity index (χ4v) is 2.75. The average molecular weight is 261 g/mol. The first-order chi connectivity index (χ1) is 8.70. The highest BCUT2D eigenvalue weighted by molar-refractivity contribution is 7.07. The van der Waals surface area contributed by atoms with Gasteiger partial charge >= 0.3 is 0 Å². The second-order valence-corrected chi connectivity index (χ2v) is 5.30. The lowest BCUT2D eigenvalue weighted by atomic mass is 9.98. The average Bonchev–Trinajstić information content (AvgIpc) is 2.89. The molecule has 0 amide bonds. The molecule has 2 aromatic heterocycles. The van der Waals surface area contributed by atoms with E-state index in [1.165, 1.54) is 5.56 Å². The summed E-state index contributed by atoms with van der Waals surface area (Å²) in [6, 6.07) is 4.28. The summed E-state index contributed by atoms with van der Waals surface area (Å²) in [6.07, 6.45) is 2.86. The lowest BCUT2D eigenvalue weighted by molar-refractivity contribution is 0.634. The van der Waals surface area contributed by atoms with Gasteiger partial charge in [0.15, 0.2) is 0 Å². The van der Waals surface area contributed by atoms with Gasteiger partial charge in [-0.1, -0.05) is 6.92 Å². The van der Waals surface area contributed by atoms with Gasteiger partial charge in [-0.25, -0.2) is 0 Å². The second-order valence-electron chi connectivity index (χ2n) is 4.52.